The van der Waals surface area contributed by atoms with Crippen LogP contribution in [0.4, 0.5) is 0 Å². The summed E-state index contributed by atoms with van der Waals surface area (Å²) >= 11 is 3.43. The summed E-state index contributed by atoms with van der Waals surface area (Å²) in [6.07, 6.45) is 0. The number of nitrogens with one attached hydrogen (secondary N) is 2. The first-order valence-corrected chi connectivity index (χ1v) is 9.01. The van der Waals surface area contributed by atoms with Gasteiger partial charge in [-0.15, -0.1) is 46.7 Å². The molecule has 23 heavy (non-hydrogen) atoms. The third kappa shape index (κ3) is 6.00. The fourth-order valence-corrected chi connectivity index (χ4v) is 3.55. The van der Waals surface area contributed by atoms with E-state index in [2.05, 4.69) is 51.7 Å². The van der Waals surface area contributed by atoms with Gasteiger partial charge in [0.2, 0.25) is 0 Å². The monoisotopic (exact) mass is 465 g/mol. The highest BCUT2D eigenvalue weighted by Crippen LogP contribution is 2.19. The molecule has 0 aromatic carbocycles. The maximum Gasteiger partial charge on any atom is 0.191 e. The number of guanidine groups is 1. The molecule has 2 aromatic heterocycles. The zero-order valence-corrected chi connectivity index (χ0v) is 18.1. The van der Waals surface area contributed by atoms with Gasteiger partial charge in [0, 0.05) is 23.2 Å². The van der Waals surface area contributed by atoms with Gasteiger partial charge >= 0.3 is 0 Å². The number of rotatable bonds is 5. The smallest absolute Gasteiger partial charge is 0.191 e. The Kier molecular flexibility index (Phi) is 8.41. The molecule has 2 heterocycles. The van der Waals surface area contributed by atoms with E-state index in [9.17, 15) is 0 Å². The fourth-order valence-electron chi connectivity index (χ4n) is 1.84. The highest BCUT2D eigenvalue weighted by Gasteiger charge is 2.07. The first kappa shape index (κ1) is 20.3. The molecule has 2 N–H and O–H groups in total. The second kappa shape index (κ2) is 9.53. The molecule has 0 atom stereocenters. The highest BCUT2D eigenvalue weighted by atomic mass is 127. The van der Waals surface area contributed by atoms with Crippen LogP contribution in [0.2, 0.25) is 0 Å². The maximum absolute atomic E-state index is 4.61. The summed E-state index contributed by atoms with van der Waals surface area (Å²) in [5.74, 6) is 1.25. The van der Waals surface area contributed by atoms with Crippen molar-refractivity contribution >= 4 is 52.6 Å². The van der Waals surface area contributed by atoms with Crippen LogP contribution in [0.1, 0.15) is 46.0 Å². The number of hydrogen-bond acceptors (Lipinski definition) is 5. The van der Waals surface area contributed by atoms with Crippen molar-refractivity contribution in [3.63, 3.8) is 0 Å². The van der Waals surface area contributed by atoms with Crippen LogP contribution < -0.4 is 10.6 Å². The Balaban J connectivity index is 0.00000264. The molecule has 0 aliphatic heterocycles. The van der Waals surface area contributed by atoms with Crippen LogP contribution in [-0.2, 0) is 13.1 Å². The average Bonchev–Trinajstić information content (AvgIpc) is 3.07. The van der Waals surface area contributed by atoms with Gasteiger partial charge in [-0.1, -0.05) is 13.8 Å². The number of halogens is 1. The van der Waals surface area contributed by atoms with E-state index in [1.54, 1.807) is 29.7 Å². The van der Waals surface area contributed by atoms with Crippen molar-refractivity contribution in [2.24, 2.45) is 4.99 Å². The standard InChI is InChI=1S/C15H23N5S2.HI/c1-9(2)14-20-12(8-21-14)6-17-15(16-5)18-7-13-19-10(3)11(4)22-13;/h8-9H,6-7H2,1-5H3,(H2,16,17,18);1H. The normalized spacial score (nSPS) is 11.5. The third-order valence-corrected chi connectivity index (χ3v) is 5.47. The number of thiazole rings is 2. The van der Waals surface area contributed by atoms with Gasteiger partial charge in [0.25, 0.3) is 0 Å². The van der Waals surface area contributed by atoms with Gasteiger partial charge in [-0.3, -0.25) is 4.99 Å². The number of nitrogens with zero attached hydrogens (tertiary/aromatic N) is 3. The van der Waals surface area contributed by atoms with Gasteiger partial charge in [-0.05, 0) is 13.8 Å². The first-order valence-electron chi connectivity index (χ1n) is 7.31. The number of hydrogen-bond donors (Lipinski definition) is 2. The van der Waals surface area contributed by atoms with Crippen molar-refractivity contribution in [2.75, 3.05) is 7.05 Å². The molecule has 0 bridgehead atoms. The van der Waals surface area contributed by atoms with Crippen molar-refractivity contribution in [3.8, 4) is 0 Å². The van der Waals surface area contributed by atoms with Crippen molar-refractivity contribution in [1.82, 2.24) is 20.6 Å². The molecule has 0 fully saturated rings. The lowest BCUT2D eigenvalue weighted by Gasteiger charge is -2.09. The quantitative estimate of drug-likeness (QED) is 0.401. The van der Waals surface area contributed by atoms with Crippen LogP contribution >= 0.6 is 46.7 Å². The van der Waals surface area contributed by atoms with Crippen molar-refractivity contribution in [2.45, 2.75) is 46.7 Å². The zero-order valence-electron chi connectivity index (χ0n) is 14.1. The Morgan fingerprint density at radius 1 is 1.22 bits per heavy atom. The topological polar surface area (TPSA) is 62.2 Å². The summed E-state index contributed by atoms with van der Waals surface area (Å²) < 4.78 is 0. The van der Waals surface area contributed by atoms with E-state index in [1.807, 2.05) is 6.92 Å². The Hall–Kier alpha value is -0.740. The Labute approximate surface area is 163 Å². The largest absolute Gasteiger partial charge is 0.351 e. The summed E-state index contributed by atoms with van der Waals surface area (Å²) in [4.78, 5) is 14.6. The lowest BCUT2D eigenvalue weighted by molar-refractivity contribution is 0.780. The number of aromatic nitrogens is 2. The first-order chi connectivity index (χ1) is 10.5. The van der Waals surface area contributed by atoms with E-state index in [0.29, 0.717) is 19.0 Å². The van der Waals surface area contributed by atoms with Crippen LogP contribution in [0, 0.1) is 13.8 Å². The van der Waals surface area contributed by atoms with E-state index in [0.717, 1.165) is 22.4 Å². The molecule has 128 valence electrons. The molecular weight excluding hydrogens is 441 g/mol. The van der Waals surface area contributed by atoms with Crippen LogP contribution in [0.15, 0.2) is 10.4 Å². The molecule has 0 unspecified atom stereocenters. The van der Waals surface area contributed by atoms with E-state index in [1.165, 1.54) is 9.88 Å². The molecule has 0 saturated heterocycles. The van der Waals surface area contributed by atoms with E-state index < -0.39 is 0 Å². The van der Waals surface area contributed by atoms with Gasteiger partial charge in [0.1, 0.15) is 5.01 Å². The summed E-state index contributed by atoms with van der Waals surface area (Å²) in [5.41, 5.74) is 2.16. The molecule has 0 amide bonds. The van der Waals surface area contributed by atoms with Crippen molar-refractivity contribution < 1.29 is 0 Å². The van der Waals surface area contributed by atoms with Gasteiger partial charge in [-0.25, -0.2) is 9.97 Å². The molecule has 0 aliphatic rings. The highest BCUT2D eigenvalue weighted by molar-refractivity contribution is 14.0. The van der Waals surface area contributed by atoms with Crippen LogP contribution in [-0.4, -0.2) is 23.0 Å². The minimum atomic E-state index is 0. The van der Waals surface area contributed by atoms with Gasteiger partial charge in [0.05, 0.1) is 29.5 Å². The predicted octanol–water partition coefficient (Wildman–Crippen LogP) is 3.82. The molecule has 5 nitrogen and oxygen atoms in total. The van der Waals surface area contributed by atoms with E-state index in [-0.39, 0.29) is 24.0 Å². The van der Waals surface area contributed by atoms with Gasteiger partial charge in [0.15, 0.2) is 5.96 Å². The van der Waals surface area contributed by atoms with Crippen LogP contribution in [0.5, 0.6) is 0 Å². The summed E-state index contributed by atoms with van der Waals surface area (Å²) in [6, 6.07) is 0. The van der Waals surface area contributed by atoms with E-state index >= 15 is 0 Å². The molecular formula is C15H24IN5S2. The minimum Gasteiger partial charge on any atom is -0.351 e. The molecule has 0 aliphatic carbocycles. The molecule has 0 saturated carbocycles. The molecule has 2 rings (SSSR count). The SMILES string of the molecule is CN=C(NCc1csc(C(C)C)n1)NCc1nc(C)c(C)s1.I. The Bertz CT molecular complexity index is 629. The molecule has 8 heteroatoms. The second-order valence-corrected chi connectivity index (χ2v) is 7.54. The third-order valence-electron chi connectivity index (χ3n) is 3.20. The summed E-state index contributed by atoms with van der Waals surface area (Å²) in [6.45, 7) is 9.82. The van der Waals surface area contributed by atoms with Gasteiger partial charge in [-0.2, -0.15) is 0 Å². The van der Waals surface area contributed by atoms with Crippen LogP contribution in [0.25, 0.3) is 0 Å². The summed E-state index contributed by atoms with van der Waals surface area (Å²) in [7, 11) is 1.77. The van der Waals surface area contributed by atoms with Crippen LogP contribution in [0.3, 0.4) is 0 Å². The summed E-state index contributed by atoms with van der Waals surface area (Å²) in [5, 5.41) is 10.9. The lowest BCUT2D eigenvalue weighted by atomic mass is 10.2. The number of aliphatic imine (C=N–C) groups is 1. The van der Waals surface area contributed by atoms with Gasteiger partial charge < -0.3 is 10.6 Å². The Morgan fingerprint density at radius 3 is 2.43 bits per heavy atom. The molecule has 0 radical (unpaired) electrons. The second-order valence-electron chi connectivity index (χ2n) is 5.36. The molecule has 2 aromatic rings. The average molecular weight is 465 g/mol. The lowest BCUT2D eigenvalue weighted by Crippen LogP contribution is -2.36. The van der Waals surface area contributed by atoms with E-state index in [4.69, 9.17) is 0 Å². The maximum atomic E-state index is 4.61. The predicted molar refractivity (Wildman–Crippen MR) is 110 cm³/mol. The Morgan fingerprint density at radius 2 is 1.91 bits per heavy atom. The van der Waals surface area contributed by atoms with Crippen molar-refractivity contribution in [1.29, 1.82) is 0 Å². The van der Waals surface area contributed by atoms with Crippen molar-refractivity contribution in [3.05, 3.63) is 31.7 Å². The minimum absolute atomic E-state index is 0. The molecule has 0 spiro atoms. The number of aryl methyl sites for hydroxylation is 2. The fraction of sp³-hybridized carbons (Fsp3) is 0.533. The zero-order chi connectivity index (χ0) is 16.1.